The topological polar surface area (TPSA) is 73.9 Å². The van der Waals surface area contributed by atoms with Crippen molar-refractivity contribution in [1.82, 2.24) is 5.32 Å². The number of nitrogens with one attached hydrogen (secondary N) is 1. The normalized spacial score (nSPS) is 23.0. The molecule has 1 aliphatic heterocycles. The molecule has 0 spiro atoms. The molecule has 3 unspecified atom stereocenters. The van der Waals surface area contributed by atoms with E-state index in [1.807, 2.05) is 6.07 Å². The monoisotopic (exact) mass is 361 g/mol. The number of fused-ring (bicyclic) bond motifs is 1. The number of hydrogen-bond donors (Lipinski definition) is 1. The predicted octanol–water partition coefficient (Wildman–Crippen LogP) is 2.63. The van der Waals surface area contributed by atoms with Crippen LogP contribution >= 0.6 is 0 Å². The highest BCUT2D eigenvalue weighted by molar-refractivity contribution is 5.84. The van der Waals surface area contributed by atoms with Gasteiger partial charge in [0, 0.05) is 6.04 Å². The molecule has 6 nitrogen and oxygen atoms in total. The lowest BCUT2D eigenvalue weighted by Crippen LogP contribution is -2.46. The number of carbonyl (C=O) groups is 2. The molecule has 0 bridgehead atoms. The second-order valence-corrected chi connectivity index (χ2v) is 7.16. The molecule has 3 rings (SSSR count). The second-order valence-electron chi connectivity index (χ2n) is 7.16. The zero-order chi connectivity index (χ0) is 18.5. The third kappa shape index (κ3) is 4.68. The first kappa shape index (κ1) is 18.5. The van der Waals surface area contributed by atoms with Crippen molar-refractivity contribution in [2.45, 2.75) is 58.1 Å². The van der Waals surface area contributed by atoms with E-state index in [1.54, 1.807) is 19.1 Å². The van der Waals surface area contributed by atoms with Crippen molar-refractivity contribution < 1.29 is 23.8 Å². The fourth-order valence-electron chi connectivity index (χ4n) is 3.49. The van der Waals surface area contributed by atoms with E-state index < -0.39 is 12.1 Å². The Bertz CT molecular complexity index is 660. The van der Waals surface area contributed by atoms with Crippen molar-refractivity contribution in [3.05, 3.63) is 23.8 Å². The van der Waals surface area contributed by atoms with Crippen LogP contribution in [-0.2, 0) is 20.7 Å². The van der Waals surface area contributed by atoms with E-state index in [0.717, 1.165) is 24.8 Å². The molecular formula is C20H27NO5. The number of carbonyl (C=O) groups excluding carboxylic acids is 2. The van der Waals surface area contributed by atoms with Gasteiger partial charge in [-0.15, -0.1) is 0 Å². The Morgan fingerprint density at radius 1 is 1.19 bits per heavy atom. The van der Waals surface area contributed by atoms with Gasteiger partial charge in [-0.1, -0.05) is 25.8 Å². The van der Waals surface area contributed by atoms with Crippen LogP contribution in [0.3, 0.4) is 0 Å². The largest absolute Gasteiger partial charge is 0.486 e. The Balaban J connectivity index is 1.50. The number of esters is 1. The van der Waals surface area contributed by atoms with Crippen molar-refractivity contribution in [2.24, 2.45) is 5.92 Å². The number of hydrogen-bond acceptors (Lipinski definition) is 5. The third-order valence-corrected chi connectivity index (χ3v) is 5.07. The van der Waals surface area contributed by atoms with Crippen LogP contribution in [0.5, 0.6) is 11.5 Å². The van der Waals surface area contributed by atoms with Crippen molar-refractivity contribution in [2.75, 3.05) is 13.2 Å². The molecule has 1 heterocycles. The molecule has 3 atom stereocenters. The highest BCUT2D eigenvalue weighted by Crippen LogP contribution is 2.31. The molecule has 142 valence electrons. The SMILES string of the molecule is CC(OC(=O)Cc1ccc2c(c1)OCCO2)C(=O)NC1CCCCC1C. The van der Waals surface area contributed by atoms with Gasteiger partial charge in [0.25, 0.3) is 5.91 Å². The van der Waals surface area contributed by atoms with Gasteiger partial charge in [0.1, 0.15) is 13.2 Å². The van der Waals surface area contributed by atoms with E-state index >= 15 is 0 Å². The third-order valence-electron chi connectivity index (χ3n) is 5.07. The van der Waals surface area contributed by atoms with Crippen LogP contribution in [0.2, 0.25) is 0 Å². The van der Waals surface area contributed by atoms with Gasteiger partial charge in [0.15, 0.2) is 17.6 Å². The molecule has 1 aromatic carbocycles. The summed E-state index contributed by atoms with van der Waals surface area (Å²) in [5.74, 6) is 1.13. The predicted molar refractivity (Wildman–Crippen MR) is 96.3 cm³/mol. The molecule has 26 heavy (non-hydrogen) atoms. The first-order valence-electron chi connectivity index (χ1n) is 9.41. The van der Waals surface area contributed by atoms with Gasteiger partial charge >= 0.3 is 5.97 Å². The fourth-order valence-corrected chi connectivity index (χ4v) is 3.49. The lowest BCUT2D eigenvalue weighted by Gasteiger charge is -2.30. The van der Waals surface area contributed by atoms with Gasteiger partial charge in [0.2, 0.25) is 0 Å². The highest BCUT2D eigenvalue weighted by Gasteiger charge is 2.26. The molecular weight excluding hydrogens is 334 g/mol. The van der Waals surface area contributed by atoms with E-state index in [2.05, 4.69) is 12.2 Å². The molecule has 1 aromatic rings. The van der Waals surface area contributed by atoms with Crippen LogP contribution in [0, 0.1) is 5.92 Å². The van der Waals surface area contributed by atoms with E-state index in [9.17, 15) is 9.59 Å². The number of ether oxygens (including phenoxy) is 3. The molecule has 2 aliphatic rings. The zero-order valence-electron chi connectivity index (χ0n) is 15.5. The van der Waals surface area contributed by atoms with E-state index in [4.69, 9.17) is 14.2 Å². The zero-order valence-corrected chi connectivity index (χ0v) is 15.5. The van der Waals surface area contributed by atoms with Crippen LogP contribution in [0.4, 0.5) is 0 Å². The lowest BCUT2D eigenvalue weighted by molar-refractivity contribution is -0.154. The van der Waals surface area contributed by atoms with Gasteiger partial charge in [0.05, 0.1) is 6.42 Å². The smallest absolute Gasteiger partial charge is 0.311 e. The summed E-state index contributed by atoms with van der Waals surface area (Å²) < 4.78 is 16.3. The lowest BCUT2D eigenvalue weighted by atomic mass is 9.86. The highest BCUT2D eigenvalue weighted by atomic mass is 16.6. The average Bonchev–Trinajstić information content (AvgIpc) is 2.63. The molecule has 1 saturated carbocycles. The van der Waals surface area contributed by atoms with Crippen LogP contribution in [-0.4, -0.2) is 37.2 Å². The van der Waals surface area contributed by atoms with E-state index in [-0.39, 0.29) is 18.4 Å². The Morgan fingerprint density at radius 3 is 2.69 bits per heavy atom. The summed E-state index contributed by atoms with van der Waals surface area (Å²) in [4.78, 5) is 24.5. The minimum Gasteiger partial charge on any atom is -0.486 e. The number of amides is 1. The van der Waals surface area contributed by atoms with Gasteiger partial charge in [-0.2, -0.15) is 0 Å². The molecule has 6 heteroatoms. The van der Waals surface area contributed by atoms with Crippen LogP contribution in [0.1, 0.15) is 45.1 Å². The van der Waals surface area contributed by atoms with E-state index in [1.165, 1.54) is 6.42 Å². The van der Waals surface area contributed by atoms with Crippen molar-refractivity contribution >= 4 is 11.9 Å². The molecule has 0 saturated heterocycles. The fraction of sp³-hybridized carbons (Fsp3) is 0.600. The van der Waals surface area contributed by atoms with Crippen molar-refractivity contribution in [3.63, 3.8) is 0 Å². The molecule has 1 aliphatic carbocycles. The number of benzene rings is 1. The van der Waals surface area contributed by atoms with Gasteiger partial charge in [-0.25, -0.2) is 0 Å². The average molecular weight is 361 g/mol. The van der Waals surface area contributed by atoms with Gasteiger partial charge < -0.3 is 19.5 Å². The molecule has 1 amide bonds. The summed E-state index contributed by atoms with van der Waals surface area (Å²) in [7, 11) is 0. The molecule has 0 radical (unpaired) electrons. The van der Waals surface area contributed by atoms with Crippen LogP contribution in [0.15, 0.2) is 18.2 Å². The maximum Gasteiger partial charge on any atom is 0.311 e. The first-order valence-corrected chi connectivity index (χ1v) is 9.41. The van der Waals surface area contributed by atoms with Crippen molar-refractivity contribution in [1.29, 1.82) is 0 Å². The summed E-state index contributed by atoms with van der Waals surface area (Å²) in [6.45, 7) is 4.80. The Hall–Kier alpha value is -2.24. The van der Waals surface area contributed by atoms with Crippen LogP contribution < -0.4 is 14.8 Å². The maximum absolute atomic E-state index is 12.3. The first-order chi connectivity index (χ1) is 12.5. The van der Waals surface area contributed by atoms with Gasteiger partial charge in [-0.3, -0.25) is 9.59 Å². The second kappa shape index (κ2) is 8.43. The number of rotatable bonds is 5. The minimum absolute atomic E-state index is 0.0914. The molecule has 0 aromatic heterocycles. The molecule has 1 fully saturated rings. The van der Waals surface area contributed by atoms with Crippen LogP contribution in [0.25, 0.3) is 0 Å². The molecule has 1 N–H and O–H groups in total. The Labute approximate surface area is 154 Å². The quantitative estimate of drug-likeness (QED) is 0.816. The maximum atomic E-state index is 12.3. The minimum atomic E-state index is -0.797. The standard InChI is InChI=1S/C20H27NO5/c1-13-5-3-4-6-16(13)21-20(23)14(2)26-19(22)12-15-7-8-17-18(11-15)25-10-9-24-17/h7-8,11,13-14,16H,3-6,9-10,12H2,1-2H3,(H,21,23). The summed E-state index contributed by atoms with van der Waals surface area (Å²) in [6, 6.07) is 5.56. The summed E-state index contributed by atoms with van der Waals surface area (Å²) in [6.07, 6.45) is 3.76. The Kier molecular flexibility index (Phi) is 6.01. The Morgan fingerprint density at radius 2 is 1.92 bits per heavy atom. The summed E-state index contributed by atoms with van der Waals surface area (Å²) in [5, 5.41) is 3.03. The summed E-state index contributed by atoms with van der Waals surface area (Å²) >= 11 is 0. The van der Waals surface area contributed by atoms with Crippen molar-refractivity contribution in [3.8, 4) is 11.5 Å². The summed E-state index contributed by atoms with van der Waals surface area (Å²) in [5.41, 5.74) is 0.771. The van der Waals surface area contributed by atoms with E-state index in [0.29, 0.717) is 30.6 Å². The van der Waals surface area contributed by atoms with Gasteiger partial charge in [-0.05, 0) is 43.4 Å².